The number of carbonyl (C=O) groups is 1. The van der Waals surface area contributed by atoms with Crippen LogP contribution >= 0.6 is 11.3 Å². The van der Waals surface area contributed by atoms with Crippen molar-refractivity contribution in [3.05, 3.63) is 53.6 Å². The molecule has 37 heavy (non-hydrogen) atoms. The maximum atomic E-state index is 13.7. The normalized spacial score (nSPS) is 19.0. The number of aromatic nitrogens is 1. The third kappa shape index (κ3) is 6.22. The van der Waals surface area contributed by atoms with Gasteiger partial charge in [0.25, 0.3) is 5.91 Å². The highest BCUT2D eigenvalue weighted by atomic mass is 32.2. The van der Waals surface area contributed by atoms with Crippen molar-refractivity contribution in [3.63, 3.8) is 0 Å². The fourth-order valence-corrected chi connectivity index (χ4v) is 7.84. The SMILES string of the molecule is CCN(CC)CCN(C(=O)c1ccc(S(=O)(=O)N2CC(C)CC(C)C2)cc1)c1nc2ccc(C)cc2s1. The minimum Gasteiger partial charge on any atom is -0.302 e. The van der Waals surface area contributed by atoms with Crippen LogP contribution in [0.4, 0.5) is 5.13 Å². The lowest BCUT2D eigenvalue weighted by molar-refractivity contribution is 0.0983. The highest BCUT2D eigenvalue weighted by molar-refractivity contribution is 7.89. The summed E-state index contributed by atoms with van der Waals surface area (Å²) in [7, 11) is -3.60. The van der Waals surface area contributed by atoms with Gasteiger partial charge in [-0.15, -0.1) is 0 Å². The van der Waals surface area contributed by atoms with Crippen molar-refractivity contribution >= 4 is 42.6 Å². The predicted molar refractivity (Wildman–Crippen MR) is 152 cm³/mol. The molecule has 9 heteroatoms. The second-order valence-corrected chi connectivity index (χ2v) is 13.2. The first-order valence-corrected chi connectivity index (χ1v) is 15.4. The molecule has 1 aromatic heterocycles. The molecule has 0 bridgehead atoms. The number of sulfonamides is 1. The molecule has 0 aliphatic carbocycles. The quantitative estimate of drug-likeness (QED) is 0.369. The molecule has 200 valence electrons. The number of benzene rings is 2. The minimum atomic E-state index is -3.60. The molecule has 3 aromatic rings. The van der Waals surface area contributed by atoms with Crippen LogP contribution < -0.4 is 4.90 Å². The van der Waals surface area contributed by atoms with E-state index in [1.165, 1.54) is 11.3 Å². The lowest BCUT2D eigenvalue weighted by atomic mass is 9.94. The van der Waals surface area contributed by atoms with Gasteiger partial charge in [-0.25, -0.2) is 13.4 Å². The van der Waals surface area contributed by atoms with Crippen molar-refractivity contribution in [2.45, 2.75) is 45.9 Å². The molecule has 7 nitrogen and oxygen atoms in total. The average molecular weight is 543 g/mol. The van der Waals surface area contributed by atoms with Crippen molar-refractivity contribution in [1.82, 2.24) is 14.2 Å². The van der Waals surface area contributed by atoms with Gasteiger partial charge in [-0.2, -0.15) is 4.31 Å². The zero-order chi connectivity index (χ0) is 26.7. The van der Waals surface area contributed by atoms with Crippen molar-refractivity contribution < 1.29 is 13.2 Å². The van der Waals surface area contributed by atoms with Gasteiger partial charge in [0.2, 0.25) is 10.0 Å². The summed E-state index contributed by atoms with van der Waals surface area (Å²) in [5.74, 6) is 0.486. The monoisotopic (exact) mass is 542 g/mol. The summed E-state index contributed by atoms with van der Waals surface area (Å²) in [4.78, 5) is 22.7. The van der Waals surface area contributed by atoms with Gasteiger partial charge in [0, 0.05) is 31.7 Å². The van der Waals surface area contributed by atoms with E-state index in [0.29, 0.717) is 42.2 Å². The standard InChI is InChI=1S/C28H38N4O3S2/c1-6-30(7-2)14-15-32(28-29-25-13-8-20(3)17-26(25)36-28)27(33)23-9-11-24(12-10-23)37(34,35)31-18-21(4)16-22(5)19-31/h8-13,17,21-22H,6-7,14-16,18-19H2,1-5H3. The number of amides is 1. The minimum absolute atomic E-state index is 0.174. The maximum Gasteiger partial charge on any atom is 0.260 e. The lowest BCUT2D eigenvalue weighted by Gasteiger charge is -2.34. The lowest BCUT2D eigenvalue weighted by Crippen LogP contribution is -2.42. The van der Waals surface area contributed by atoms with Crippen LogP contribution in [-0.4, -0.2) is 67.8 Å². The van der Waals surface area contributed by atoms with Crippen LogP contribution in [0.1, 0.15) is 50.0 Å². The Hall–Kier alpha value is -2.33. The molecule has 0 radical (unpaired) electrons. The Morgan fingerprint density at radius 3 is 2.30 bits per heavy atom. The molecule has 0 spiro atoms. The summed E-state index contributed by atoms with van der Waals surface area (Å²) in [5, 5.41) is 0.658. The van der Waals surface area contributed by atoms with Crippen molar-refractivity contribution in [2.24, 2.45) is 11.8 Å². The molecule has 0 N–H and O–H groups in total. The highest BCUT2D eigenvalue weighted by Crippen LogP contribution is 2.31. The highest BCUT2D eigenvalue weighted by Gasteiger charge is 2.32. The second kappa shape index (κ2) is 11.6. The number of carbonyl (C=O) groups excluding carboxylic acids is 1. The largest absolute Gasteiger partial charge is 0.302 e. The molecule has 1 aliphatic rings. The third-order valence-corrected chi connectivity index (χ3v) is 10.0. The van der Waals surface area contributed by atoms with Crippen LogP contribution in [0.15, 0.2) is 47.4 Å². The van der Waals surface area contributed by atoms with E-state index in [2.05, 4.69) is 38.7 Å². The zero-order valence-electron chi connectivity index (χ0n) is 22.5. The molecule has 1 saturated heterocycles. The van der Waals surface area contributed by atoms with Gasteiger partial charge < -0.3 is 4.90 Å². The van der Waals surface area contributed by atoms with Crippen LogP contribution in [0, 0.1) is 18.8 Å². The molecule has 2 atom stereocenters. The Labute approximate surface area is 225 Å². The number of hydrogen-bond acceptors (Lipinski definition) is 6. The first-order chi connectivity index (χ1) is 17.6. The molecule has 1 aliphatic heterocycles. The number of likely N-dealkylation sites (N-methyl/N-ethyl adjacent to an activating group) is 1. The summed E-state index contributed by atoms with van der Waals surface area (Å²) in [6, 6.07) is 12.5. The van der Waals surface area contributed by atoms with Crippen LogP contribution in [0.3, 0.4) is 0 Å². The molecule has 2 heterocycles. The van der Waals surface area contributed by atoms with Gasteiger partial charge in [-0.1, -0.05) is 45.1 Å². The molecule has 4 rings (SSSR count). The number of piperidine rings is 1. The molecule has 2 aromatic carbocycles. The van der Waals surface area contributed by atoms with Crippen molar-refractivity contribution in [3.8, 4) is 0 Å². The Balaban J connectivity index is 1.61. The van der Waals surface area contributed by atoms with E-state index in [4.69, 9.17) is 4.98 Å². The number of nitrogens with zero attached hydrogens (tertiary/aromatic N) is 4. The summed E-state index contributed by atoms with van der Waals surface area (Å²) in [5.41, 5.74) is 2.48. The summed E-state index contributed by atoms with van der Waals surface area (Å²) in [6.45, 7) is 14.5. The number of anilines is 1. The summed E-state index contributed by atoms with van der Waals surface area (Å²) >= 11 is 1.51. The van der Waals surface area contributed by atoms with E-state index in [1.807, 2.05) is 19.1 Å². The Morgan fingerprint density at radius 1 is 1.03 bits per heavy atom. The van der Waals surface area contributed by atoms with Gasteiger partial charge in [0.15, 0.2) is 5.13 Å². The first kappa shape index (κ1) is 27.7. The van der Waals surface area contributed by atoms with Crippen molar-refractivity contribution in [2.75, 3.05) is 44.2 Å². The number of hydrogen-bond donors (Lipinski definition) is 0. The van der Waals surface area contributed by atoms with Crippen LogP contribution in [0.2, 0.25) is 0 Å². The zero-order valence-corrected chi connectivity index (χ0v) is 24.1. The summed E-state index contributed by atoms with van der Waals surface area (Å²) < 4.78 is 29.2. The fourth-order valence-electron chi connectivity index (χ4n) is 5.08. The van der Waals surface area contributed by atoms with Crippen LogP contribution in [0.5, 0.6) is 0 Å². The van der Waals surface area contributed by atoms with E-state index >= 15 is 0 Å². The Morgan fingerprint density at radius 2 is 1.68 bits per heavy atom. The smallest absolute Gasteiger partial charge is 0.260 e. The Kier molecular flexibility index (Phi) is 8.68. The van der Waals surface area contributed by atoms with Crippen LogP contribution in [-0.2, 0) is 10.0 Å². The molecular weight excluding hydrogens is 504 g/mol. The van der Waals surface area contributed by atoms with Gasteiger partial charge in [0.05, 0.1) is 15.1 Å². The van der Waals surface area contributed by atoms with Gasteiger partial charge in [0.1, 0.15) is 0 Å². The first-order valence-electron chi connectivity index (χ1n) is 13.1. The van der Waals surface area contributed by atoms with E-state index in [9.17, 15) is 13.2 Å². The molecule has 0 saturated carbocycles. The van der Waals surface area contributed by atoms with Crippen LogP contribution in [0.25, 0.3) is 10.2 Å². The van der Waals surface area contributed by atoms with Gasteiger partial charge in [-0.05, 0) is 80.2 Å². The van der Waals surface area contributed by atoms with Gasteiger partial charge in [-0.3, -0.25) is 9.69 Å². The third-order valence-electron chi connectivity index (χ3n) is 7.12. The topological polar surface area (TPSA) is 73.8 Å². The molecular formula is C28H38N4O3S2. The van der Waals surface area contributed by atoms with Crippen molar-refractivity contribution in [1.29, 1.82) is 0 Å². The van der Waals surface area contributed by atoms with E-state index in [-0.39, 0.29) is 10.8 Å². The van der Waals surface area contributed by atoms with E-state index < -0.39 is 10.0 Å². The summed E-state index contributed by atoms with van der Waals surface area (Å²) in [6.07, 6.45) is 1.04. The number of aryl methyl sites for hydroxylation is 1. The average Bonchev–Trinajstić information content (AvgIpc) is 3.28. The molecule has 2 unspecified atom stereocenters. The maximum absolute atomic E-state index is 13.7. The number of fused-ring (bicyclic) bond motifs is 1. The fraction of sp³-hybridized carbons (Fsp3) is 0.500. The van der Waals surface area contributed by atoms with Gasteiger partial charge >= 0.3 is 0 Å². The molecule has 1 amide bonds. The molecule has 1 fully saturated rings. The predicted octanol–water partition coefficient (Wildman–Crippen LogP) is 5.26. The second-order valence-electron chi connectivity index (χ2n) is 10.2. The number of thiazole rings is 1. The number of rotatable bonds is 9. The Bertz CT molecular complexity index is 1320. The van der Waals surface area contributed by atoms with E-state index in [0.717, 1.165) is 41.8 Å². The van der Waals surface area contributed by atoms with E-state index in [1.54, 1.807) is 33.5 Å².